The first kappa shape index (κ1) is 12.9. The highest BCUT2D eigenvalue weighted by atomic mass is 32.1. The number of hydrogen-bond donors (Lipinski definition) is 0. The molecule has 18 heavy (non-hydrogen) atoms. The quantitative estimate of drug-likeness (QED) is 0.746. The van der Waals surface area contributed by atoms with Gasteiger partial charge in [0.15, 0.2) is 0 Å². The lowest BCUT2D eigenvalue weighted by Crippen LogP contribution is -2.38. The molecule has 1 aromatic heterocycles. The van der Waals surface area contributed by atoms with Crippen LogP contribution < -0.4 is 0 Å². The Kier molecular flexibility index (Phi) is 3.90. The van der Waals surface area contributed by atoms with Crippen molar-refractivity contribution in [3.05, 3.63) is 10.6 Å². The molecule has 2 rings (SSSR count). The minimum atomic E-state index is -0.368. The maximum Gasteiger partial charge on any atom is 0.325 e. The summed E-state index contributed by atoms with van der Waals surface area (Å²) in [5.41, 5.74) is 0.611. The molecule has 1 fully saturated rings. The lowest BCUT2D eigenvalue weighted by molar-refractivity contribution is -0.143. The van der Waals surface area contributed by atoms with Crippen molar-refractivity contribution < 1.29 is 14.3 Å². The first-order valence-electron chi connectivity index (χ1n) is 5.89. The molecule has 1 heterocycles. The van der Waals surface area contributed by atoms with E-state index in [1.165, 1.54) is 0 Å². The normalized spacial score (nSPS) is 14.3. The summed E-state index contributed by atoms with van der Waals surface area (Å²) < 4.78 is 8.64. The molecule has 98 valence electrons. The van der Waals surface area contributed by atoms with Crippen LogP contribution in [-0.2, 0) is 9.53 Å². The summed E-state index contributed by atoms with van der Waals surface area (Å²) in [5, 5.41) is 3.82. The number of nitrogens with zero attached hydrogens (tertiary/aromatic N) is 3. The van der Waals surface area contributed by atoms with Crippen LogP contribution in [0.3, 0.4) is 0 Å². The van der Waals surface area contributed by atoms with Crippen molar-refractivity contribution in [2.75, 3.05) is 13.2 Å². The standard InChI is InChI=1S/C11H15N3O3S/c1-3-17-9(15)6-14(8-4-5-8)11(16)10-7(2)12-13-18-10/h8H,3-6H2,1-2H3. The van der Waals surface area contributed by atoms with Crippen LogP contribution in [0.2, 0.25) is 0 Å². The molecule has 1 amide bonds. The number of rotatable bonds is 5. The zero-order valence-electron chi connectivity index (χ0n) is 10.4. The van der Waals surface area contributed by atoms with E-state index in [1.54, 1.807) is 18.7 Å². The van der Waals surface area contributed by atoms with Crippen molar-refractivity contribution >= 4 is 23.4 Å². The summed E-state index contributed by atoms with van der Waals surface area (Å²) in [7, 11) is 0. The molecule has 7 heteroatoms. The molecule has 0 N–H and O–H groups in total. The molecule has 1 aliphatic rings. The molecule has 6 nitrogen and oxygen atoms in total. The Bertz CT molecular complexity index is 456. The van der Waals surface area contributed by atoms with E-state index in [4.69, 9.17) is 4.74 Å². The van der Waals surface area contributed by atoms with Gasteiger partial charge in [0.1, 0.15) is 11.4 Å². The first-order valence-corrected chi connectivity index (χ1v) is 6.66. The number of aromatic nitrogens is 2. The van der Waals surface area contributed by atoms with E-state index in [0.29, 0.717) is 17.2 Å². The van der Waals surface area contributed by atoms with Crippen molar-refractivity contribution in [1.29, 1.82) is 0 Å². The molecule has 0 radical (unpaired) electrons. The fourth-order valence-electron chi connectivity index (χ4n) is 1.66. The van der Waals surface area contributed by atoms with Gasteiger partial charge in [-0.1, -0.05) is 4.49 Å². The van der Waals surface area contributed by atoms with Crippen LogP contribution in [0.15, 0.2) is 0 Å². The van der Waals surface area contributed by atoms with Gasteiger partial charge in [0.05, 0.1) is 12.3 Å². The van der Waals surface area contributed by atoms with Crippen molar-refractivity contribution in [1.82, 2.24) is 14.5 Å². The van der Waals surface area contributed by atoms with E-state index in [-0.39, 0.29) is 24.5 Å². The summed E-state index contributed by atoms with van der Waals surface area (Å²) in [5.74, 6) is -0.536. The number of hydrogen-bond acceptors (Lipinski definition) is 6. The fraction of sp³-hybridized carbons (Fsp3) is 0.636. The molecule has 1 aromatic rings. The van der Waals surface area contributed by atoms with Crippen LogP contribution >= 0.6 is 11.5 Å². The Balaban J connectivity index is 2.08. The fourth-order valence-corrected chi connectivity index (χ4v) is 2.27. The van der Waals surface area contributed by atoms with Crippen LogP contribution in [0.5, 0.6) is 0 Å². The maximum absolute atomic E-state index is 12.3. The van der Waals surface area contributed by atoms with Gasteiger partial charge in [-0.25, -0.2) is 0 Å². The van der Waals surface area contributed by atoms with E-state index in [9.17, 15) is 9.59 Å². The predicted molar refractivity (Wildman–Crippen MR) is 65.3 cm³/mol. The third-order valence-corrected chi connectivity index (χ3v) is 3.51. The van der Waals surface area contributed by atoms with Crippen LogP contribution in [0, 0.1) is 6.92 Å². The number of carbonyl (C=O) groups excluding carboxylic acids is 2. The van der Waals surface area contributed by atoms with E-state index in [1.807, 2.05) is 0 Å². The van der Waals surface area contributed by atoms with Gasteiger partial charge in [0.25, 0.3) is 5.91 Å². The van der Waals surface area contributed by atoms with Gasteiger partial charge in [-0.05, 0) is 38.2 Å². The van der Waals surface area contributed by atoms with Crippen LogP contribution in [0.1, 0.15) is 35.1 Å². The van der Waals surface area contributed by atoms with E-state index in [2.05, 4.69) is 9.59 Å². The van der Waals surface area contributed by atoms with Crippen molar-refractivity contribution in [2.24, 2.45) is 0 Å². The van der Waals surface area contributed by atoms with Crippen molar-refractivity contribution in [3.63, 3.8) is 0 Å². The van der Waals surface area contributed by atoms with E-state index < -0.39 is 0 Å². The zero-order chi connectivity index (χ0) is 13.1. The number of amides is 1. The highest BCUT2D eigenvalue weighted by Crippen LogP contribution is 2.29. The second-order valence-corrected chi connectivity index (χ2v) is 4.91. The van der Waals surface area contributed by atoms with Gasteiger partial charge in [-0.15, -0.1) is 5.10 Å². The summed E-state index contributed by atoms with van der Waals surface area (Å²) in [6.45, 7) is 3.83. The molecule has 1 saturated carbocycles. The molecule has 0 atom stereocenters. The minimum absolute atomic E-state index is 0.00861. The third kappa shape index (κ3) is 2.84. The highest BCUT2D eigenvalue weighted by molar-refractivity contribution is 7.07. The smallest absolute Gasteiger partial charge is 0.325 e. The van der Waals surface area contributed by atoms with Gasteiger partial charge in [0, 0.05) is 6.04 Å². The molecule has 1 aliphatic carbocycles. The first-order chi connectivity index (χ1) is 8.63. The molecule has 0 saturated heterocycles. The van der Waals surface area contributed by atoms with Gasteiger partial charge in [-0.2, -0.15) is 0 Å². The lowest BCUT2D eigenvalue weighted by Gasteiger charge is -2.20. The number of carbonyl (C=O) groups is 2. The van der Waals surface area contributed by atoms with Gasteiger partial charge in [-0.3, -0.25) is 9.59 Å². The second-order valence-electron chi connectivity index (χ2n) is 4.16. The molecule has 0 bridgehead atoms. The SMILES string of the molecule is CCOC(=O)CN(C(=O)c1snnc1C)C1CC1. The predicted octanol–water partition coefficient (Wildman–Crippen LogP) is 1.01. The van der Waals surface area contributed by atoms with Crippen molar-refractivity contribution in [2.45, 2.75) is 32.7 Å². The lowest BCUT2D eigenvalue weighted by atomic mass is 10.3. The monoisotopic (exact) mass is 269 g/mol. The molecular formula is C11H15N3O3S. The minimum Gasteiger partial charge on any atom is -0.465 e. The summed E-state index contributed by atoms with van der Waals surface area (Å²) in [6.07, 6.45) is 1.88. The van der Waals surface area contributed by atoms with Gasteiger partial charge >= 0.3 is 5.97 Å². The largest absolute Gasteiger partial charge is 0.465 e. The zero-order valence-corrected chi connectivity index (χ0v) is 11.2. The van der Waals surface area contributed by atoms with Gasteiger partial charge < -0.3 is 9.64 Å². The van der Waals surface area contributed by atoms with Crippen LogP contribution in [-0.4, -0.2) is 45.6 Å². The average Bonchev–Trinajstić information content (AvgIpc) is 3.08. The Morgan fingerprint density at radius 3 is 2.72 bits per heavy atom. The average molecular weight is 269 g/mol. The topological polar surface area (TPSA) is 72.4 Å². The van der Waals surface area contributed by atoms with Crippen LogP contribution in [0.4, 0.5) is 0 Å². The summed E-state index contributed by atoms with van der Waals surface area (Å²) in [4.78, 5) is 25.9. The maximum atomic E-state index is 12.3. The number of aryl methyl sites for hydroxylation is 1. The third-order valence-electron chi connectivity index (χ3n) is 2.70. The van der Waals surface area contributed by atoms with E-state index in [0.717, 1.165) is 24.4 Å². The Labute approximate surface area is 109 Å². The second kappa shape index (κ2) is 5.43. The summed E-state index contributed by atoms with van der Waals surface area (Å²) in [6, 6.07) is 0.156. The molecule has 0 spiro atoms. The Morgan fingerprint density at radius 2 is 2.22 bits per heavy atom. The highest BCUT2D eigenvalue weighted by Gasteiger charge is 2.36. The van der Waals surface area contributed by atoms with Gasteiger partial charge in [0.2, 0.25) is 0 Å². The molecule has 0 aliphatic heterocycles. The van der Waals surface area contributed by atoms with Crippen LogP contribution in [0.25, 0.3) is 0 Å². The molecular weight excluding hydrogens is 254 g/mol. The molecule has 0 aromatic carbocycles. The van der Waals surface area contributed by atoms with Crippen molar-refractivity contribution in [3.8, 4) is 0 Å². The number of ether oxygens (including phenoxy) is 1. The number of esters is 1. The molecule has 0 unspecified atom stereocenters. The summed E-state index contributed by atoms with van der Waals surface area (Å²) >= 11 is 1.07. The Morgan fingerprint density at radius 1 is 1.50 bits per heavy atom. The Hall–Kier alpha value is -1.50. The van der Waals surface area contributed by atoms with E-state index >= 15 is 0 Å².